The summed E-state index contributed by atoms with van der Waals surface area (Å²) in [5.74, 6) is 0.0956. The molecule has 14 heavy (non-hydrogen) atoms. The quantitative estimate of drug-likeness (QED) is 0.621. The van der Waals surface area contributed by atoms with Crippen LogP contribution in [0, 0.1) is 5.92 Å². The van der Waals surface area contributed by atoms with Gasteiger partial charge in [-0.15, -0.1) is 0 Å². The van der Waals surface area contributed by atoms with Crippen molar-refractivity contribution in [2.45, 2.75) is 6.42 Å². The number of fused-ring (bicyclic) bond motifs is 1. The largest absolute Gasteiger partial charge is 0.508 e. The SMILES string of the molecule is O=CC1=CC2CC=CC(O)=C2C=C1O. The molecule has 0 heterocycles. The maximum absolute atomic E-state index is 10.6. The molecule has 0 aromatic heterocycles. The van der Waals surface area contributed by atoms with Gasteiger partial charge in [0.25, 0.3) is 0 Å². The molecular weight excluding hydrogens is 180 g/mol. The zero-order valence-electron chi connectivity index (χ0n) is 7.47. The number of aliphatic hydroxyl groups is 2. The molecule has 3 heteroatoms. The maximum Gasteiger partial charge on any atom is 0.153 e. The Labute approximate surface area is 81.4 Å². The molecule has 0 bridgehead atoms. The Hall–Kier alpha value is -1.77. The Morgan fingerprint density at radius 3 is 2.93 bits per heavy atom. The third-order valence-corrected chi connectivity index (χ3v) is 2.46. The summed E-state index contributed by atoms with van der Waals surface area (Å²) in [5.41, 5.74) is 0.970. The lowest BCUT2D eigenvalue weighted by molar-refractivity contribution is -0.104. The number of hydrogen-bond acceptors (Lipinski definition) is 3. The van der Waals surface area contributed by atoms with E-state index in [0.29, 0.717) is 17.4 Å². The van der Waals surface area contributed by atoms with Crippen molar-refractivity contribution in [2.24, 2.45) is 5.92 Å². The molecule has 0 amide bonds. The van der Waals surface area contributed by atoms with E-state index in [0.717, 1.165) is 6.42 Å². The van der Waals surface area contributed by atoms with Gasteiger partial charge in [0.15, 0.2) is 6.29 Å². The van der Waals surface area contributed by atoms with Crippen molar-refractivity contribution in [3.63, 3.8) is 0 Å². The maximum atomic E-state index is 10.6. The van der Waals surface area contributed by atoms with Crippen molar-refractivity contribution in [1.29, 1.82) is 0 Å². The van der Waals surface area contributed by atoms with Gasteiger partial charge >= 0.3 is 0 Å². The standard InChI is InChI=1S/C11H10O3/c12-6-8-4-7-2-1-3-10(13)9(7)5-11(8)14/h1,3-7,13-14H,2H2. The first-order valence-corrected chi connectivity index (χ1v) is 4.40. The predicted octanol–water partition coefficient (Wildman–Crippen LogP) is 1.96. The first kappa shape index (κ1) is 8.81. The molecule has 2 N–H and O–H groups in total. The predicted molar refractivity (Wildman–Crippen MR) is 51.8 cm³/mol. The zero-order chi connectivity index (χ0) is 10.1. The second kappa shape index (κ2) is 3.18. The highest BCUT2D eigenvalue weighted by Gasteiger charge is 2.22. The Kier molecular flexibility index (Phi) is 2.00. The highest BCUT2D eigenvalue weighted by atomic mass is 16.3. The number of carbonyl (C=O) groups is 1. The van der Waals surface area contributed by atoms with Crippen LogP contribution in [0.5, 0.6) is 0 Å². The van der Waals surface area contributed by atoms with E-state index in [1.807, 2.05) is 6.08 Å². The van der Waals surface area contributed by atoms with Crippen molar-refractivity contribution in [3.8, 4) is 0 Å². The van der Waals surface area contributed by atoms with Crippen molar-refractivity contribution >= 4 is 6.29 Å². The number of rotatable bonds is 1. The van der Waals surface area contributed by atoms with Gasteiger partial charge in [-0.1, -0.05) is 12.2 Å². The molecule has 0 saturated heterocycles. The number of aliphatic hydroxyl groups excluding tert-OH is 2. The Morgan fingerprint density at radius 1 is 1.43 bits per heavy atom. The smallest absolute Gasteiger partial charge is 0.153 e. The second-order valence-corrected chi connectivity index (χ2v) is 3.35. The van der Waals surface area contributed by atoms with Crippen molar-refractivity contribution in [3.05, 3.63) is 47.0 Å². The average molecular weight is 190 g/mol. The van der Waals surface area contributed by atoms with Crippen LogP contribution in [0.1, 0.15) is 6.42 Å². The molecule has 0 radical (unpaired) electrons. The molecule has 2 aliphatic rings. The molecule has 2 rings (SSSR count). The molecule has 2 aliphatic carbocycles. The van der Waals surface area contributed by atoms with E-state index in [2.05, 4.69) is 0 Å². The Balaban J connectivity index is 2.47. The van der Waals surface area contributed by atoms with Gasteiger partial charge in [-0.3, -0.25) is 4.79 Å². The Bertz CT molecular complexity index is 397. The summed E-state index contributed by atoms with van der Waals surface area (Å²) in [6.07, 6.45) is 7.96. The minimum Gasteiger partial charge on any atom is -0.508 e. The van der Waals surface area contributed by atoms with Crippen LogP contribution in [-0.4, -0.2) is 16.5 Å². The molecule has 0 spiro atoms. The molecular formula is C11H10O3. The topological polar surface area (TPSA) is 57.5 Å². The number of allylic oxidation sites excluding steroid dienone is 6. The van der Waals surface area contributed by atoms with Crippen LogP contribution < -0.4 is 0 Å². The highest BCUT2D eigenvalue weighted by Crippen LogP contribution is 2.32. The van der Waals surface area contributed by atoms with Crippen LogP contribution in [0.15, 0.2) is 47.0 Å². The summed E-state index contributed by atoms with van der Waals surface area (Å²) < 4.78 is 0. The molecule has 1 atom stereocenters. The first-order chi connectivity index (χ1) is 6.72. The number of hydrogen-bond donors (Lipinski definition) is 2. The molecule has 0 aliphatic heterocycles. The summed E-state index contributed by atoms with van der Waals surface area (Å²) in [4.78, 5) is 10.6. The van der Waals surface area contributed by atoms with Gasteiger partial charge in [-0.2, -0.15) is 0 Å². The van der Waals surface area contributed by atoms with Crippen molar-refractivity contribution in [2.75, 3.05) is 0 Å². The van der Waals surface area contributed by atoms with E-state index in [-0.39, 0.29) is 17.4 Å². The molecule has 0 saturated carbocycles. The van der Waals surface area contributed by atoms with Crippen LogP contribution in [0.4, 0.5) is 0 Å². The zero-order valence-corrected chi connectivity index (χ0v) is 7.47. The average Bonchev–Trinajstić information content (AvgIpc) is 2.19. The summed E-state index contributed by atoms with van der Waals surface area (Å²) in [7, 11) is 0. The van der Waals surface area contributed by atoms with Gasteiger partial charge in [0.2, 0.25) is 0 Å². The van der Waals surface area contributed by atoms with Crippen LogP contribution in [-0.2, 0) is 4.79 Å². The second-order valence-electron chi connectivity index (χ2n) is 3.35. The van der Waals surface area contributed by atoms with Gasteiger partial charge in [0, 0.05) is 11.5 Å². The van der Waals surface area contributed by atoms with E-state index in [1.54, 1.807) is 12.2 Å². The molecule has 0 fully saturated rings. The highest BCUT2D eigenvalue weighted by molar-refractivity contribution is 5.80. The monoisotopic (exact) mass is 190 g/mol. The minimum atomic E-state index is -0.0758. The molecule has 3 nitrogen and oxygen atoms in total. The lowest BCUT2D eigenvalue weighted by atomic mass is 9.84. The Morgan fingerprint density at radius 2 is 2.21 bits per heavy atom. The van der Waals surface area contributed by atoms with Crippen molar-refractivity contribution < 1.29 is 15.0 Å². The molecule has 0 aromatic carbocycles. The van der Waals surface area contributed by atoms with Crippen molar-refractivity contribution in [1.82, 2.24) is 0 Å². The van der Waals surface area contributed by atoms with Gasteiger partial charge in [0.1, 0.15) is 11.5 Å². The third-order valence-electron chi connectivity index (χ3n) is 2.46. The van der Waals surface area contributed by atoms with E-state index < -0.39 is 0 Å². The van der Waals surface area contributed by atoms with Crippen LogP contribution in [0.3, 0.4) is 0 Å². The van der Waals surface area contributed by atoms with E-state index >= 15 is 0 Å². The first-order valence-electron chi connectivity index (χ1n) is 4.40. The summed E-state index contributed by atoms with van der Waals surface area (Å²) in [6, 6.07) is 0. The summed E-state index contributed by atoms with van der Waals surface area (Å²) in [6.45, 7) is 0. The number of aldehydes is 1. The van der Waals surface area contributed by atoms with E-state index in [4.69, 9.17) is 0 Å². The molecule has 1 unspecified atom stereocenters. The van der Waals surface area contributed by atoms with Crippen LogP contribution >= 0.6 is 0 Å². The number of carbonyl (C=O) groups excluding carboxylic acids is 1. The van der Waals surface area contributed by atoms with Gasteiger partial charge in [-0.05, 0) is 18.6 Å². The lowest BCUT2D eigenvalue weighted by Gasteiger charge is -2.21. The summed E-state index contributed by atoms with van der Waals surface area (Å²) >= 11 is 0. The fraction of sp³-hybridized carbons (Fsp3) is 0.182. The third kappa shape index (κ3) is 1.27. The fourth-order valence-corrected chi connectivity index (χ4v) is 1.71. The molecule has 0 aromatic rings. The van der Waals surface area contributed by atoms with E-state index in [1.165, 1.54) is 6.08 Å². The van der Waals surface area contributed by atoms with Crippen LogP contribution in [0.2, 0.25) is 0 Å². The van der Waals surface area contributed by atoms with Gasteiger partial charge in [0.05, 0.1) is 5.57 Å². The molecule has 72 valence electrons. The summed E-state index contributed by atoms with van der Waals surface area (Å²) in [5, 5.41) is 18.9. The van der Waals surface area contributed by atoms with Crippen LogP contribution in [0.25, 0.3) is 0 Å². The normalized spacial score (nSPS) is 25.3. The van der Waals surface area contributed by atoms with Gasteiger partial charge in [-0.25, -0.2) is 0 Å². The van der Waals surface area contributed by atoms with Gasteiger partial charge < -0.3 is 10.2 Å². The minimum absolute atomic E-state index is 0.0103. The lowest BCUT2D eigenvalue weighted by Crippen LogP contribution is -2.12. The fourth-order valence-electron chi connectivity index (χ4n) is 1.71. The van der Waals surface area contributed by atoms with E-state index in [9.17, 15) is 15.0 Å².